The minimum atomic E-state index is -0.287. The summed E-state index contributed by atoms with van der Waals surface area (Å²) in [5.74, 6) is -0.287. The third-order valence-corrected chi connectivity index (χ3v) is 4.29. The van der Waals surface area contributed by atoms with E-state index in [0.29, 0.717) is 10.7 Å². The van der Waals surface area contributed by atoms with Gasteiger partial charge in [-0.05, 0) is 60.0 Å². The molecule has 0 bridgehead atoms. The van der Waals surface area contributed by atoms with E-state index in [-0.39, 0.29) is 5.82 Å². The molecule has 0 N–H and O–H groups in total. The van der Waals surface area contributed by atoms with Crippen molar-refractivity contribution in [1.29, 1.82) is 0 Å². The molecule has 0 amide bonds. The number of hydrogen-bond acceptors (Lipinski definition) is 1. The summed E-state index contributed by atoms with van der Waals surface area (Å²) in [4.78, 5) is 0. The van der Waals surface area contributed by atoms with Gasteiger partial charge in [0, 0.05) is 10.4 Å². The van der Waals surface area contributed by atoms with Gasteiger partial charge in [-0.15, -0.1) is 0 Å². The maximum Gasteiger partial charge on any atom is 0.148 e. The van der Waals surface area contributed by atoms with Crippen LogP contribution in [0.2, 0.25) is 5.02 Å². The van der Waals surface area contributed by atoms with Gasteiger partial charge in [0.2, 0.25) is 0 Å². The van der Waals surface area contributed by atoms with Crippen LogP contribution in [-0.2, 0) is 0 Å². The zero-order valence-electron chi connectivity index (χ0n) is 13.0. The molecule has 0 atom stereocenters. The highest BCUT2D eigenvalue weighted by Crippen LogP contribution is 2.28. The summed E-state index contributed by atoms with van der Waals surface area (Å²) >= 11 is 6.07. The Morgan fingerprint density at radius 2 is 1.79 bits per heavy atom. The van der Waals surface area contributed by atoms with Crippen molar-refractivity contribution < 1.29 is 4.39 Å². The highest BCUT2D eigenvalue weighted by Gasteiger charge is 2.11. The summed E-state index contributed by atoms with van der Waals surface area (Å²) in [5, 5.41) is 6.02. The van der Waals surface area contributed by atoms with Crippen LogP contribution >= 0.6 is 11.6 Å². The van der Waals surface area contributed by atoms with E-state index in [1.54, 1.807) is 23.0 Å². The van der Waals surface area contributed by atoms with E-state index in [1.807, 2.05) is 49.4 Å². The van der Waals surface area contributed by atoms with Gasteiger partial charge in [0.05, 0.1) is 11.7 Å². The van der Waals surface area contributed by atoms with Crippen molar-refractivity contribution in [3.05, 3.63) is 83.3 Å². The summed E-state index contributed by atoms with van der Waals surface area (Å²) in [7, 11) is 0. The zero-order chi connectivity index (χ0) is 16.7. The molecular formula is C20H14ClFN2. The molecule has 0 spiro atoms. The molecule has 2 nitrogen and oxygen atoms in total. The second-order valence-electron chi connectivity index (χ2n) is 5.80. The lowest BCUT2D eigenvalue weighted by Gasteiger charge is -2.07. The molecule has 0 aliphatic carbocycles. The van der Waals surface area contributed by atoms with Crippen LogP contribution in [0.15, 0.2) is 66.9 Å². The predicted octanol–water partition coefficient (Wildman–Crippen LogP) is 5.79. The molecule has 0 aliphatic heterocycles. The van der Waals surface area contributed by atoms with Crippen LogP contribution in [0.4, 0.5) is 4.39 Å². The maximum atomic E-state index is 14.2. The van der Waals surface area contributed by atoms with Crippen molar-refractivity contribution in [3.63, 3.8) is 0 Å². The lowest BCUT2D eigenvalue weighted by Crippen LogP contribution is -1.99. The number of hydrogen-bond donors (Lipinski definition) is 0. The molecule has 0 radical (unpaired) electrons. The average Bonchev–Trinajstić information content (AvgIpc) is 3.00. The number of benzene rings is 3. The fraction of sp³-hybridized carbons (Fsp3) is 0.0500. The molecule has 0 saturated carbocycles. The summed E-state index contributed by atoms with van der Waals surface area (Å²) in [6.45, 7) is 1.94. The first-order valence-electron chi connectivity index (χ1n) is 7.62. The molecule has 3 aromatic carbocycles. The van der Waals surface area contributed by atoms with Crippen LogP contribution in [0.1, 0.15) is 5.56 Å². The van der Waals surface area contributed by atoms with Gasteiger partial charge in [0.15, 0.2) is 0 Å². The average molecular weight is 337 g/mol. The van der Waals surface area contributed by atoms with E-state index in [0.717, 1.165) is 27.6 Å². The highest BCUT2D eigenvalue weighted by molar-refractivity contribution is 6.30. The second-order valence-corrected chi connectivity index (χ2v) is 6.23. The van der Waals surface area contributed by atoms with Crippen LogP contribution < -0.4 is 0 Å². The fourth-order valence-electron chi connectivity index (χ4n) is 2.86. The van der Waals surface area contributed by atoms with Crippen LogP contribution in [0.5, 0.6) is 0 Å². The Hall–Kier alpha value is -2.65. The van der Waals surface area contributed by atoms with E-state index in [4.69, 9.17) is 11.6 Å². The predicted molar refractivity (Wildman–Crippen MR) is 96.2 cm³/mol. The number of aryl methyl sites for hydroxylation is 1. The van der Waals surface area contributed by atoms with Gasteiger partial charge in [0.1, 0.15) is 11.5 Å². The minimum Gasteiger partial charge on any atom is -0.230 e. The van der Waals surface area contributed by atoms with Crippen molar-refractivity contribution in [2.24, 2.45) is 0 Å². The minimum absolute atomic E-state index is 0.287. The second kappa shape index (κ2) is 5.77. The SMILES string of the molecule is Cc1ccc(F)c(-n2ncc3cc(-c4cccc(Cl)c4)ccc32)c1. The summed E-state index contributed by atoms with van der Waals surface area (Å²) in [6.07, 6.45) is 1.76. The Balaban J connectivity index is 1.85. The molecular weight excluding hydrogens is 323 g/mol. The van der Waals surface area contributed by atoms with Gasteiger partial charge < -0.3 is 0 Å². The van der Waals surface area contributed by atoms with Gasteiger partial charge in [0.25, 0.3) is 0 Å². The number of aromatic nitrogens is 2. The number of halogens is 2. The molecule has 0 unspecified atom stereocenters. The number of nitrogens with zero attached hydrogens (tertiary/aromatic N) is 2. The Morgan fingerprint density at radius 1 is 0.958 bits per heavy atom. The molecule has 1 heterocycles. The van der Waals surface area contributed by atoms with Crippen LogP contribution in [-0.4, -0.2) is 9.78 Å². The lowest BCUT2D eigenvalue weighted by molar-refractivity contribution is 0.612. The third-order valence-electron chi connectivity index (χ3n) is 4.06. The molecule has 4 heteroatoms. The van der Waals surface area contributed by atoms with E-state index in [2.05, 4.69) is 5.10 Å². The first-order valence-corrected chi connectivity index (χ1v) is 8.00. The van der Waals surface area contributed by atoms with Gasteiger partial charge >= 0.3 is 0 Å². The van der Waals surface area contributed by atoms with E-state index in [1.165, 1.54) is 6.07 Å². The topological polar surface area (TPSA) is 17.8 Å². The molecule has 0 saturated heterocycles. The molecule has 0 aliphatic rings. The zero-order valence-corrected chi connectivity index (χ0v) is 13.8. The van der Waals surface area contributed by atoms with Crippen molar-refractivity contribution in [2.75, 3.05) is 0 Å². The van der Waals surface area contributed by atoms with Crippen molar-refractivity contribution >= 4 is 22.5 Å². The first kappa shape index (κ1) is 14.9. The first-order chi connectivity index (χ1) is 11.6. The van der Waals surface area contributed by atoms with Crippen molar-refractivity contribution in [2.45, 2.75) is 6.92 Å². The Labute approximate surface area is 144 Å². The fourth-order valence-corrected chi connectivity index (χ4v) is 3.05. The molecule has 4 rings (SSSR count). The normalized spacial score (nSPS) is 11.1. The number of rotatable bonds is 2. The van der Waals surface area contributed by atoms with Gasteiger partial charge in [-0.2, -0.15) is 5.10 Å². The summed E-state index contributed by atoms with van der Waals surface area (Å²) < 4.78 is 15.8. The molecule has 1 aromatic heterocycles. The molecule has 0 fully saturated rings. The number of fused-ring (bicyclic) bond motifs is 1. The monoisotopic (exact) mass is 336 g/mol. The van der Waals surface area contributed by atoms with Crippen molar-refractivity contribution in [1.82, 2.24) is 9.78 Å². The van der Waals surface area contributed by atoms with Crippen LogP contribution in [0.25, 0.3) is 27.7 Å². The van der Waals surface area contributed by atoms with Gasteiger partial charge in [-0.3, -0.25) is 0 Å². The Morgan fingerprint density at radius 3 is 2.62 bits per heavy atom. The van der Waals surface area contributed by atoms with Crippen molar-refractivity contribution in [3.8, 4) is 16.8 Å². The largest absolute Gasteiger partial charge is 0.230 e. The molecule has 4 aromatic rings. The van der Waals surface area contributed by atoms with Crippen LogP contribution in [0.3, 0.4) is 0 Å². The summed E-state index contributed by atoms with van der Waals surface area (Å²) in [6, 6.07) is 18.7. The molecule has 24 heavy (non-hydrogen) atoms. The van der Waals surface area contributed by atoms with E-state index >= 15 is 0 Å². The smallest absolute Gasteiger partial charge is 0.148 e. The maximum absolute atomic E-state index is 14.2. The molecule has 118 valence electrons. The van der Waals surface area contributed by atoms with E-state index < -0.39 is 0 Å². The Bertz CT molecular complexity index is 1050. The van der Waals surface area contributed by atoms with Gasteiger partial charge in [-0.25, -0.2) is 9.07 Å². The van der Waals surface area contributed by atoms with E-state index in [9.17, 15) is 4.39 Å². The highest BCUT2D eigenvalue weighted by atomic mass is 35.5. The Kier molecular flexibility index (Phi) is 3.58. The lowest BCUT2D eigenvalue weighted by atomic mass is 10.0. The summed E-state index contributed by atoms with van der Waals surface area (Å²) in [5.41, 5.74) is 4.41. The standard InChI is InChI=1S/C20H14ClFN2/c1-13-5-7-18(22)20(9-13)24-19-8-6-15(10-16(19)12-23-24)14-3-2-4-17(21)11-14/h2-12H,1H3. The third kappa shape index (κ3) is 2.57. The van der Waals surface area contributed by atoms with Gasteiger partial charge in [-0.1, -0.05) is 35.9 Å². The quantitative estimate of drug-likeness (QED) is 0.453. The van der Waals surface area contributed by atoms with Crippen LogP contribution in [0, 0.1) is 12.7 Å².